The van der Waals surface area contributed by atoms with Crippen LogP contribution in [0.1, 0.15) is 28.8 Å². The van der Waals surface area contributed by atoms with E-state index < -0.39 is 0 Å². The van der Waals surface area contributed by atoms with E-state index in [1.54, 1.807) is 31.4 Å². The number of benzene rings is 2. The monoisotopic (exact) mass is 401 g/mol. The smallest absolute Gasteiger partial charge is 0.251 e. The molecule has 3 aromatic rings. The second-order valence-electron chi connectivity index (χ2n) is 7.32. The van der Waals surface area contributed by atoms with Gasteiger partial charge in [-0.25, -0.2) is 0 Å². The number of nitriles is 1. The van der Waals surface area contributed by atoms with Crippen LogP contribution in [0.4, 0.5) is 5.82 Å². The van der Waals surface area contributed by atoms with Crippen LogP contribution in [0.2, 0.25) is 0 Å². The maximum atomic E-state index is 12.6. The lowest BCUT2D eigenvalue weighted by Gasteiger charge is -2.33. The lowest BCUT2D eigenvalue weighted by atomic mass is 10.0. The first-order chi connectivity index (χ1) is 14.7. The summed E-state index contributed by atoms with van der Waals surface area (Å²) in [6.07, 6.45) is 1.88. The minimum absolute atomic E-state index is 0.0260. The minimum atomic E-state index is -0.153. The summed E-state index contributed by atoms with van der Waals surface area (Å²) in [4.78, 5) is 14.8. The van der Waals surface area contributed by atoms with Crippen molar-refractivity contribution in [3.8, 4) is 23.1 Å². The van der Waals surface area contributed by atoms with E-state index in [0.717, 1.165) is 42.2 Å². The number of hydrogen-bond acceptors (Lipinski definition) is 5. The molecule has 0 bridgehead atoms. The number of nitrogens with zero attached hydrogens (tertiary/aromatic N) is 3. The van der Waals surface area contributed by atoms with Crippen LogP contribution in [0.25, 0.3) is 11.3 Å². The maximum Gasteiger partial charge on any atom is 0.251 e. The first-order valence-electron chi connectivity index (χ1n) is 9.92. The molecule has 7 nitrogen and oxygen atoms in total. The van der Waals surface area contributed by atoms with Crippen molar-refractivity contribution in [1.82, 2.24) is 15.5 Å². The Labute approximate surface area is 175 Å². The average molecular weight is 401 g/mol. The molecular weight excluding hydrogens is 378 g/mol. The molecule has 1 saturated heterocycles. The maximum absolute atomic E-state index is 12.6. The van der Waals surface area contributed by atoms with Crippen LogP contribution in [-0.2, 0) is 0 Å². The number of nitrogens with one attached hydrogen (secondary N) is 2. The summed E-state index contributed by atoms with van der Waals surface area (Å²) in [5.41, 5.74) is 2.96. The highest BCUT2D eigenvalue weighted by Crippen LogP contribution is 2.25. The van der Waals surface area contributed by atoms with Crippen molar-refractivity contribution in [2.45, 2.75) is 18.9 Å². The lowest BCUT2D eigenvalue weighted by Crippen LogP contribution is -2.48. The fraction of sp³-hybridized carbons (Fsp3) is 0.261. The van der Waals surface area contributed by atoms with Crippen LogP contribution in [0.5, 0.6) is 5.75 Å². The van der Waals surface area contributed by atoms with Gasteiger partial charge in [0.1, 0.15) is 5.75 Å². The molecule has 0 spiro atoms. The number of methoxy groups -OCH3 is 1. The normalized spacial score (nSPS) is 16.0. The van der Waals surface area contributed by atoms with Gasteiger partial charge in [-0.3, -0.25) is 9.89 Å². The molecule has 0 saturated carbocycles. The largest absolute Gasteiger partial charge is 0.497 e. The molecule has 2 N–H and O–H groups in total. The average Bonchev–Trinajstić information content (AvgIpc) is 3.30. The fourth-order valence-electron chi connectivity index (χ4n) is 3.69. The van der Waals surface area contributed by atoms with Crippen molar-refractivity contribution in [1.29, 1.82) is 5.26 Å². The highest BCUT2D eigenvalue weighted by molar-refractivity contribution is 5.94. The van der Waals surface area contributed by atoms with Gasteiger partial charge in [-0.15, -0.1) is 0 Å². The van der Waals surface area contributed by atoms with E-state index in [0.29, 0.717) is 17.7 Å². The molecule has 1 aliphatic rings. The summed E-state index contributed by atoms with van der Waals surface area (Å²) >= 11 is 0. The number of rotatable bonds is 5. The van der Waals surface area contributed by atoms with E-state index in [9.17, 15) is 4.79 Å². The Morgan fingerprint density at radius 2 is 2.10 bits per heavy atom. The van der Waals surface area contributed by atoms with Crippen LogP contribution in [0, 0.1) is 11.3 Å². The molecule has 2 heterocycles. The number of H-pyrrole nitrogens is 1. The van der Waals surface area contributed by atoms with Gasteiger partial charge in [-0.1, -0.05) is 6.07 Å². The molecule has 0 unspecified atom stereocenters. The number of anilines is 1. The molecule has 1 fully saturated rings. The molecule has 0 radical (unpaired) electrons. The van der Waals surface area contributed by atoms with E-state index in [1.807, 2.05) is 30.3 Å². The Balaban J connectivity index is 1.42. The molecule has 1 amide bonds. The van der Waals surface area contributed by atoms with E-state index >= 15 is 0 Å². The topological polar surface area (TPSA) is 94.0 Å². The third-order valence-electron chi connectivity index (χ3n) is 5.30. The summed E-state index contributed by atoms with van der Waals surface area (Å²) in [5.74, 6) is 1.53. The molecule has 7 heteroatoms. The van der Waals surface area contributed by atoms with Crippen LogP contribution in [0.3, 0.4) is 0 Å². The molecule has 1 aliphatic heterocycles. The Morgan fingerprint density at radius 3 is 2.87 bits per heavy atom. The quantitative estimate of drug-likeness (QED) is 0.684. The number of piperidine rings is 1. The highest BCUT2D eigenvalue weighted by Gasteiger charge is 2.23. The van der Waals surface area contributed by atoms with Crippen LogP contribution >= 0.6 is 0 Å². The van der Waals surface area contributed by atoms with Crippen molar-refractivity contribution in [2.75, 3.05) is 25.1 Å². The number of ether oxygens (including phenoxy) is 1. The van der Waals surface area contributed by atoms with Gasteiger partial charge >= 0.3 is 0 Å². The zero-order valence-corrected chi connectivity index (χ0v) is 16.8. The summed E-state index contributed by atoms with van der Waals surface area (Å²) in [6.45, 7) is 1.58. The van der Waals surface area contributed by atoms with Gasteiger partial charge in [0.25, 0.3) is 5.91 Å². The van der Waals surface area contributed by atoms with Crippen LogP contribution < -0.4 is 15.0 Å². The molecule has 152 valence electrons. The van der Waals surface area contributed by atoms with E-state index in [1.165, 1.54) is 0 Å². The van der Waals surface area contributed by atoms with Crippen molar-refractivity contribution in [2.24, 2.45) is 0 Å². The van der Waals surface area contributed by atoms with Crippen molar-refractivity contribution in [3.05, 3.63) is 65.7 Å². The van der Waals surface area contributed by atoms with Crippen molar-refractivity contribution >= 4 is 11.7 Å². The first kappa shape index (κ1) is 19.5. The number of hydrogen-bond donors (Lipinski definition) is 2. The standard InChI is InChI=1S/C23H23N5O2/c1-30-20-9-7-17(8-10-20)21-13-22(27-26-21)28-11-3-6-19(15-28)25-23(29)18-5-2-4-16(12-18)14-24/h2,4-5,7-10,12-13,19H,3,6,11,15H2,1H3,(H,25,29)(H,26,27)/t19-/m0/s1. The minimum Gasteiger partial charge on any atom is -0.497 e. The Morgan fingerprint density at radius 1 is 1.27 bits per heavy atom. The van der Waals surface area contributed by atoms with E-state index in [4.69, 9.17) is 10.00 Å². The van der Waals surface area contributed by atoms with Gasteiger partial charge in [0.05, 0.1) is 24.4 Å². The number of aromatic nitrogens is 2. The van der Waals surface area contributed by atoms with Crippen LogP contribution in [0.15, 0.2) is 54.6 Å². The number of carbonyl (C=O) groups excluding carboxylic acids is 1. The summed E-state index contributed by atoms with van der Waals surface area (Å²) in [7, 11) is 1.65. The molecule has 2 aromatic carbocycles. The third kappa shape index (κ3) is 4.28. The van der Waals surface area contributed by atoms with Gasteiger partial charge in [0.15, 0.2) is 5.82 Å². The SMILES string of the molecule is COc1ccc(-c2cc(N3CCC[C@H](NC(=O)c4cccc(C#N)c4)C3)n[nH]2)cc1. The highest BCUT2D eigenvalue weighted by atomic mass is 16.5. The zero-order chi connectivity index (χ0) is 20.9. The summed E-state index contributed by atoms with van der Waals surface area (Å²) in [5, 5.41) is 19.7. The molecule has 30 heavy (non-hydrogen) atoms. The Hall–Kier alpha value is -3.79. The predicted octanol–water partition coefficient (Wildman–Crippen LogP) is 3.36. The molecule has 0 aliphatic carbocycles. The van der Waals surface area contributed by atoms with Crippen molar-refractivity contribution < 1.29 is 9.53 Å². The van der Waals surface area contributed by atoms with Gasteiger partial charge in [-0.2, -0.15) is 10.4 Å². The molecular formula is C23H23N5O2. The Kier molecular flexibility index (Phi) is 5.66. The Bertz CT molecular complexity index is 1070. The number of aromatic amines is 1. The predicted molar refractivity (Wildman–Crippen MR) is 114 cm³/mol. The number of carbonyl (C=O) groups is 1. The first-order valence-corrected chi connectivity index (χ1v) is 9.92. The lowest BCUT2D eigenvalue weighted by molar-refractivity contribution is 0.0933. The van der Waals surface area contributed by atoms with E-state index in [2.05, 4.69) is 26.5 Å². The third-order valence-corrected chi connectivity index (χ3v) is 5.30. The second kappa shape index (κ2) is 8.70. The van der Waals surface area contributed by atoms with Gasteiger partial charge < -0.3 is 15.0 Å². The molecule has 1 atom stereocenters. The van der Waals surface area contributed by atoms with E-state index in [-0.39, 0.29) is 11.9 Å². The second-order valence-corrected chi connectivity index (χ2v) is 7.32. The summed E-state index contributed by atoms with van der Waals surface area (Å²) < 4.78 is 5.21. The molecule has 1 aromatic heterocycles. The number of amides is 1. The van der Waals surface area contributed by atoms with Gasteiger partial charge in [-0.05, 0) is 60.9 Å². The molecule has 4 rings (SSSR count). The van der Waals surface area contributed by atoms with Crippen molar-refractivity contribution in [3.63, 3.8) is 0 Å². The van der Waals surface area contributed by atoms with Crippen LogP contribution in [-0.4, -0.2) is 42.3 Å². The zero-order valence-electron chi connectivity index (χ0n) is 16.8. The van der Waals surface area contributed by atoms with Gasteiger partial charge in [0.2, 0.25) is 0 Å². The fourth-order valence-corrected chi connectivity index (χ4v) is 3.69. The van der Waals surface area contributed by atoms with Gasteiger partial charge in [0, 0.05) is 30.8 Å². The summed E-state index contributed by atoms with van der Waals surface area (Å²) in [6, 6.07) is 18.7.